The van der Waals surface area contributed by atoms with Gasteiger partial charge in [0, 0.05) is 6.20 Å². The van der Waals surface area contributed by atoms with E-state index >= 15 is 0 Å². The Labute approximate surface area is 99.6 Å². The van der Waals surface area contributed by atoms with E-state index in [9.17, 15) is 4.21 Å². The first-order valence-corrected chi connectivity index (χ1v) is 6.47. The Hall–Kier alpha value is -1.92. The van der Waals surface area contributed by atoms with Gasteiger partial charge in [0.1, 0.15) is 15.5 Å². The Morgan fingerprint density at radius 1 is 1.12 bits per heavy atom. The summed E-state index contributed by atoms with van der Waals surface area (Å²) in [5, 5.41) is 0. The average Bonchev–Trinajstić information content (AvgIpc) is 2.40. The van der Waals surface area contributed by atoms with Gasteiger partial charge in [-0.25, -0.2) is 19.8 Å². The molecule has 4 N–H and O–H groups in total. The van der Waals surface area contributed by atoms with E-state index in [-0.39, 0.29) is 0 Å². The number of aromatic nitrogens is 1. The van der Waals surface area contributed by atoms with Gasteiger partial charge in [0.2, 0.25) is 0 Å². The highest BCUT2D eigenvalue weighted by molar-refractivity contribution is 7.92. The third kappa shape index (κ3) is 2.27. The maximum atomic E-state index is 12.4. The quantitative estimate of drug-likeness (QED) is 0.570. The number of anilines is 1. The molecule has 88 valence electrons. The van der Waals surface area contributed by atoms with Crippen LogP contribution in [0.4, 0.5) is 5.82 Å². The van der Waals surface area contributed by atoms with Gasteiger partial charge < -0.3 is 5.43 Å². The smallest absolute Gasteiger partial charge is 0.139 e. The molecule has 0 saturated heterocycles. The number of benzene rings is 1. The summed E-state index contributed by atoms with van der Waals surface area (Å²) in [7, 11) is -3.00. The van der Waals surface area contributed by atoms with Crippen LogP contribution in [-0.4, -0.2) is 9.19 Å². The van der Waals surface area contributed by atoms with Crippen molar-refractivity contribution in [3.05, 3.63) is 48.7 Å². The molecule has 6 heteroatoms. The topological polar surface area (TPSA) is 91.9 Å². The molecule has 0 bridgehead atoms. The summed E-state index contributed by atoms with van der Waals surface area (Å²) >= 11 is 0. The first kappa shape index (κ1) is 11.6. The van der Waals surface area contributed by atoms with E-state index in [4.69, 9.17) is 10.6 Å². The Kier molecular flexibility index (Phi) is 3.08. The molecule has 1 atom stereocenters. The molecule has 0 radical (unpaired) electrons. The Morgan fingerprint density at radius 2 is 1.82 bits per heavy atom. The molecule has 1 heterocycles. The fraction of sp³-hybridized carbons (Fsp3) is 0. The Balaban J connectivity index is 2.45. The van der Waals surface area contributed by atoms with Crippen molar-refractivity contribution in [2.45, 2.75) is 9.79 Å². The molecule has 0 amide bonds. The third-order valence-electron chi connectivity index (χ3n) is 2.29. The minimum Gasteiger partial charge on any atom is -0.308 e. The van der Waals surface area contributed by atoms with Crippen molar-refractivity contribution < 1.29 is 4.21 Å². The van der Waals surface area contributed by atoms with Gasteiger partial charge in [-0.3, -0.25) is 0 Å². The molecule has 17 heavy (non-hydrogen) atoms. The van der Waals surface area contributed by atoms with Crippen LogP contribution < -0.4 is 11.3 Å². The predicted octanol–water partition coefficient (Wildman–Crippen LogP) is 1.83. The van der Waals surface area contributed by atoms with Crippen molar-refractivity contribution in [1.82, 2.24) is 4.98 Å². The van der Waals surface area contributed by atoms with Gasteiger partial charge in [-0.1, -0.05) is 18.2 Å². The lowest BCUT2D eigenvalue weighted by Gasteiger charge is -2.07. The van der Waals surface area contributed by atoms with Crippen LogP contribution in [0.2, 0.25) is 0 Å². The number of nitrogens with zero attached hydrogens (tertiary/aromatic N) is 1. The molecule has 2 aromatic rings. The van der Waals surface area contributed by atoms with Crippen molar-refractivity contribution in [2.24, 2.45) is 5.84 Å². The van der Waals surface area contributed by atoms with E-state index in [0.29, 0.717) is 15.6 Å². The second-order valence-electron chi connectivity index (χ2n) is 3.39. The van der Waals surface area contributed by atoms with Crippen LogP contribution in [0.1, 0.15) is 0 Å². The number of rotatable bonds is 3. The summed E-state index contributed by atoms with van der Waals surface area (Å²) in [6.45, 7) is 0. The SMILES string of the molecule is N=S(=O)(c1ccccc1)c1ccc(NN)nc1. The number of nitrogen functional groups attached to an aromatic ring is 1. The summed E-state index contributed by atoms with van der Waals surface area (Å²) < 4.78 is 20.3. The summed E-state index contributed by atoms with van der Waals surface area (Å²) in [5.74, 6) is 5.66. The van der Waals surface area contributed by atoms with E-state index in [1.807, 2.05) is 6.07 Å². The van der Waals surface area contributed by atoms with Gasteiger partial charge >= 0.3 is 0 Å². The van der Waals surface area contributed by atoms with E-state index in [1.54, 1.807) is 36.4 Å². The Morgan fingerprint density at radius 3 is 2.35 bits per heavy atom. The van der Waals surface area contributed by atoms with Gasteiger partial charge in [-0.15, -0.1) is 0 Å². The van der Waals surface area contributed by atoms with Gasteiger partial charge in [-0.05, 0) is 24.3 Å². The maximum absolute atomic E-state index is 12.4. The third-order valence-corrected chi connectivity index (χ3v) is 4.13. The zero-order chi connectivity index (χ0) is 12.3. The fourth-order valence-corrected chi connectivity index (χ4v) is 2.66. The number of nitrogens with two attached hydrogens (primary N) is 1. The second kappa shape index (κ2) is 4.52. The van der Waals surface area contributed by atoms with E-state index < -0.39 is 9.73 Å². The van der Waals surface area contributed by atoms with Crippen LogP contribution in [0.5, 0.6) is 0 Å². The van der Waals surface area contributed by atoms with Crippen LogP contribution in [0.3, 0.4) is 0 Å². The predicted molar refractivity (Wildman–Crippen MR) is 65.9 cm³/mol. The zero-order valence-corrected chi connectivity index (χ0v) is 9.78. The monoisotopic (exact) mass is 248 g/mol. The zero-order valence-electron chi connectivity index (χ0n) is 8.96. The maximum Gasteiger partial charge on any atom is 0.139 e. The lowest BCUT2D eigenvalue weighted by molar-refractivity contribution is 0.674. The molecule has 2 rings (SSSR count). The van der Waals surface area contributed by atoms with Crippen LogP contribution in [0, 0.1) is 4.78 Å². The molecule has 0 spiro atoms. The van der Waals surface area contributed by atoms with Crippen molar-refractivity contribution in [1.29, 1.82) is 4.78 Å². The highest BCUT2D eigenvalue weighted by atomic mass is 32.2. The highest BCUT2D eigenvalue weighted by Crippen LogP contribution is 2.21. The van der Waals surface area contributed by atoms with Crippen LogP contribution in [0.15, 0.2) is 58.5 Å². The summed E-state index contributed by atoms with van der Waals surface area (Å²) in [6.07, 6.45) is 1.40. The van der Waals surface area contributed by atoms with Crippen molar-refractivity contribution in [2.75, 3.05) is 5.43 Å². The summed E-state index contributed by atoms with van der Waals surface area (Å²) in [4.78, 5) is 4.79. The molecule has 0 aliphatic carbocycles. The molecule has 0 fully saturated rings. The molecular weight excluding hydrogens is 236 g/mol. The standard InChI is InChI=1S/C11H12N4OS/c12-15-11-7-6-10(8-14-11)17(13,16)9-4-2-1-3-5-9/h1-8,13H,12H2,(H,14,15). The van der Waals surface area contributed by atoms with Crippen LogP contribution in [-0.2, 0) is 9.73 Å². The summed E-state index contributed by atoms with van der Waals surface area (Å²) in [5.41, 5.74) is 2.38. The van der Waals surface area contributed by atoms with E-state index in [0.717, 1.165) is 0 Å². The Bertz CT molecular complexity index is 593. The molecule has 5 nitrogen and oxygen atoms in total. The number of nitrogens with one attached hydrogen (secondary N) is 2. The van der Waals surface area contributed by atoms with Crippen molar-refractivity contribution >= 4 is 15.5 Å². The number of pyridine rings is 1. The number of hydrogen-bond acceptors (Lipinski definition) is 5. The largest absolute Gasteiger partial charge is 0.308 e. The lowest BCUT2D eigenvalue weighted by atomic mass is 10.4. The van der Waals surface area contributed by atoms with Gasteiger partial charge in [0.15, 0.2) is 0 Å². The molecule has 0 aliphatic rings. The van der Waals surface area contributed by atoms with Gasteiger partial charge in [-0.2, -0.15) is 0 Å². The van der Waals surface area contributed by atoms with E-state index in [1.165, 1.54) is 6.20 Å². The highest BCUT2D eigenvalue weighted by Gasteiger charge is 2.13. The molecule has 1 unspecified atom stereocenters. The molecule has 1 aromatic heterocycles. The first-order chi connectivity index (χ1) is 8.14. The second-order valence-corrected chi connectivity index (χ2v) is 5.45. The number of hydrazine groups is 1. The minimum absolute atomic E-state index is 0.364. The molecule has 0 saturated carbocycles. The van der Waals surface area contributed by atoms with E-state index in [2.05, 4.69) is 10.4 Å². The summed E-state index contributed by atoms with van der Waals surface area (Å²) in [6, 6.07) is 11.9. The molecule has 1 aromatic carbocycles. The first-order valence-electron chi connectivity index (χ1n) is 4.91. The fourth-order valence-electron chi connectivity index (χ4n) is 1.38. The average molecular weight is 248 g/mol. The van der Waals surface area contributed by atoms with Crippen molar-refractivity contribution in [3.63, 3.8) is 0 Å². The molecule has 0 aliphatic heterocycles. The normalized spacial score (nSPS) is 13.9. The van der Waals surface area contributed by atoms with Gasteiger partial charge in [0.25, 0.3) is 0 Å². The lowest BCUT2D eigenvalue weighted by Crippen LogP contribution is -2.09. The van der Waals surface area contributed by atoms with Crippen LogP contribution >= 0.6 is 0 Å². The van der Waals surface area contributed by atoms with Crippen LogP contribution in [0.25, 0.3) is 0 Å². The minimum atomic E-state index is -3.00. The number of hydrogen-bond donors (Lipinski definition) is 3. The molecular formula is C11H12N4OS. The van der Waals surface area contributed by atoms with Crippen molar-refractivity contribution in [3.8, 4) is 0 Å². The van der Waals surface area contributed by atoms with Gasteiger partial charge in [0.05, 0.1) is 9.79 Å².